The normalized spacial score (nSPS) is 15.6. The van der Waals surface area contributed by atoms with E-state index in [0.29, 0.717) is 12.1 Å². The lowest BCUT2D eigenvalue weighted by molar-refractivity contribution is -0.122. The molecule has 29 heavy (non-hydrogen) atoms. The third-order valence-electron chi connectivity index (χ3n) is 4.28. The summed E-state index contributed by atoms with van der Waals surface area (Å²) in [6, 6.07) is 4.80. The second kappa shape index (κ2) is 9.00. The standard InChI is InChI=1S/C16H21BN6O6/c18-4-5-19-15(25)11-7-23(22-21-11)8-13(24)20-12-6-9-2-1-3-10(16(26)27)14(9)29-17(12)28/h1-3,7,12,16,26-28H,4-6,8,18H2,(H,19,25)(H,20,24)/t12-/m0/s1. The highest BCUT2D eigenvalue weighted by atomic mass is 16.5. The van der Waals surface area contributed by atoms with Crippen molar-refractivity contribution in [2.75, 3.05) is 13.1 Å². The van der Waals surface area contributed by atoms with Crippen LogP contribution in [0.4, 0.5) is 0 Å². The van der Waals surface area contributed by atoms with Crippen molar-refractivity contribution in [3.05, 3.63) is 41.2 Å². The Balaban J connectivity index is 1.61. The quantitative estimate of drug-likeness (QED) is 0.208. The first kappa shape index (κ1) is 20.7. The van der Waals surface area contributed by atoms with Crippen molar-refractivity contribution in [1.29, 1.82) is 0 Å². The van der Waals surface area contributed by atoms with E-state index in [1.54, 1.807) is 12.1 Å². The zero-order valence-electron chi connectivity index (χ0n) is 15.4. The molecule has 7 N–H and O–H groups in total. The number of nitrogens with one attached hydrogen (secondary N) is 2. The van der Waals surface area contributed by atoms with Crippen molar-refractivity contribution in [1.82, 2.24) is 25.6 Å². The number of carbonyl (C=O) groups excluding carboxylic acids is 2. The van der Waals surface area contributed by atoms with Crippen LogP contribution in [-0.2, 0) is 17.8 Å². The minimum Gasteiger partial charge on any atom is -0.534 e. The third-order valence-corrected chi connectivity index (χ3v) is 4.28. The van der Waals surface area contributed by atoms with E-state index in [2.05, 4.69) is 20.9 Å². The second-order valence-electron chi connectivity index (χ2n) is 6.44. The molecular weight excluding hydrogens is 383 g/mol. The lowest BCUT2D eigenvalue weighted by Gasteiger charge is -2.29. The largest absolute Gasteiger partial charge is 0.547 e. The lowest BCUT2D eigenvalue weighted by Crippen LogP contribution is -2.53. The predicted molar refractivity (Wildman–Crippen MR) is 99.3 cm³/mol. The summed E-state index contributed by atoms with van der Waals surface area (Å²) in [5.41, 5.74) is 6.12. The van der Waals surface area contributed by atoms with Crippen LogP contribution in [0.1, 0.15) is 27.9 Å². The average Bonchev–Trinajstić information content (AvgIpc) is 3.14. The Hall–Kier alpha value is -3.00. The fraction of sp³-hybridized carbons (Fsp3) is 0.375. The molecule has 2 heterocycles. The highest BCUT2D eigenvalue weighted by molar-refractivity contribution is 6.46. The molecule has 2 amide bonds. The summed E-state index contributed by atoms with van der Waals surface area (Å²) in [7, 11) is -1.38. The number of hydrogen-bond acceptors (Lipinski definition) is 9. The maximum absolute atomic E-state index is 12.3. The molecule has 1 aliphatic heterocycles. The SMILES string of the molecule is NCCNC(=O)c1cn(CC(=O)N[C@H]2Cc3cccc(C(O)O)c3OB2O)nn1. The van der Waals surface area contributed by atoms with Crippen LogP contribution in [0.25, 0.3) is 0 Å². The molecule has 0 unspecified atom stereocenters. The first-order valence-corrected chi connectivity index (χ1v) is 8.89. The van der Waals surface area contributed by atoms with Crippen molar-refractivity contribution < 1.29 is 29.5 Å². The third kappa shape index (κ3) is 4.89. The molecule has 13 heteroatoms. The van der Waals surface area contributed by atoms with E-state index in [0.717, 1.165) is 0 Å². The van der Waals surface area contributed by atoms with Gasteiger partial charge in [-0.1, -0.05) is 23.4 Å². The Morgan fingerprint density at radius 1 is 1.41 bits per heavy atom. The molecule has 3 rings (SSSR count). The van der Waals surface area contributed by atoms with Gasteiger partial charge in [0.1, 0.15) is 12.3 Å². The number of rotatable bonds is 7. The molecule has 0 saturated heterocycles. The van der Waals surface area contributed by atoms with Crippen LogP contribution in [0, 0.1) is 0 Å². The van der Waals surface area contributed by atoms with Gasteiger partial charge in [-0.15, -0.1) is 5.10 Å². The Bertz CT molecular complexity index is 891. The number of fused-ring (bicyclic) bond motifs is 1. The smallest absolute Gasteiger partial charge is 0.534 e. The predicted octanol–water partition coefficient (Wildman–Crippen LogP) is -2.91. The maximum atomic E-state index is 12.3. The molecule has 0 spiro atoms. The molecule has 0 bridgehead atoms. The highest BCUT2D eigenvalue weighted by Crippen LogP contribution is 2.32. The van der Waals surface area contributed by atoms with Gasteiger partial charge < -0.3 is 36.3 Å². The van der Waals surface area contributed by atoms with Crippen molar-refractivity contribution >= 4 is 18.9 Å². The van der Waals surface area contributed by atoms with Crippen molar-refractivity contribution in [2.45, 2.75) is 25.2 Å². The van der Waals surface area contributed by atoms with E-state index in [1.165, 1.54) is 16.9 Å². The summed E-state index contributed by atoms with van der Waals surface area (Å²) >= 11 is 0. The molecule has 1 aliphatic rings. The minimum atomic E-state index is -1.74. The molecule has 0 aliphatic carbocycles. The summed E-state index contributed by atoms with van der Waals surface area (Å²) in [4.78, 5) is 24.1. The van der Waals surface area contributed by atoms with E-state index in [1.807, 2.05) is 0 Å². The maximum Gasteiger partial charge on any atom is 0.547 e. The molecule has 0 saturated carbocycles. The van der Waals surface area contributed by atoms with Crippen LogP contribution < -0.4 is 21.0 Å². The molecule has 0 fully saturated rings. The van der Waals surface area contributed by atoms with Gasteiger partial charge in [0.15, 0.2) is 12.0 Å². The molecule has 1 atom stereocenters. The zero-order chi connectivity index (χ0) is 21.0. The molecule has 154 valence electrons. The summed E-state index contributed by atoms with van der Waals surface area (Å²) < 4.78 is 6.58. The van der Waals surface area contributed by atoms with E-state index in [4.69, 9.17) is 10.4 Å². The monoisotopic (exact) mass is 404 g/mol. The number of aromatic nitrogens is 3. The summed E-state index contributed by atoms with van der Waals surface area (Å²) in [6.45, 7) is 0.362. The number of amides is 2. The number of nitrogens with zero attached hydrogens (tertiary/aromatic N) is 3. The molecular formula is C16H21BN6O6. The second-order valence-corrected chi connectivity index (χ2v) is 6.44. The molecule has 12 nitrogen and oxygen atoms in total. The van der Waals surface area contributed by atoms with Gasteiger partial charge >= 0.3 is 7.12 Å². The summed E-state index contributed by atoms with van der Waals surface area (Å²) in [6.07, 6.45) is -0.192. The summed E-state index contributed by atoms with van der Waals surface area (Å²) in [5.74, 6) is -1.49. The summed E-state index contributed by atoms with van der Waals surface area (Å²) in [5, 5.41) is 41.6. The van der Waals surface area contributed by atoms with Gasteiger partial charge in [-0.3, -0.25) is 9.59 Å². The van der Waals surface area contributed by atoms with Gasteiger partial charge in [0, 0.05) is 18.7 Å². The Morgan fingerprint density at radius 3 is 2.93 bits per heavy atom. The van der Waals surface area contributed by atoms with Crippen LogP contribution in [0.2, 0.25) is 0 Å². The topological polar surface area (TPSA) is 185 Å². The molecule has 1 aromatic carbocycles. The molecule has 2 aromatic rings. The average molecular weight is 404 g/mol. The van der Waals surface area contributed by atoms with Gasteiger partial charge in [0.2, 0.25) is 5.91 Å². The highest BCUT2D eigenvalue weighted by Gasteiger charge is 2.37. The number of carbonyl (C=O) groups is 2. The van der Waals surface area contributed by atoms with Gasteiger partial charge in [-0.25, -0.2) is 4.68 Å². The number of nitrogens with two attached hydrogens (primary N) is 1. The first-order chi connectivity index (χ1) is 13.9. The Kier molecular flexibility index (Phi) is 6.44. The minimum absolute atomic E-state index is 0.0521. The van der Waals surface area contributed by atoms with Gasteiger partial charge in [-0.2, -0.15) is 0 Å². The van der Waals surface area contributed by atoms with Gasteiger partial charge in [0.25, 0.3) is 5.91 Å². The van der Waals surface area contributed by atoms with E-state index in [-0.39, 0.29) is 36.5 Å². The van der Waals surface area contributed by atoms with Gasteiger partial charge in [-0.05, 0) is 12.0 Å². The van der Waals surface area contributed by atoms with Crippen LogP contribution >= 0.6 is 0 Å². The van der Waals surface area contributed by atoms with Crippen LogP contribution in [-0.4, -0.2) is 68.2 Å². The zero-order valence-corrected chi connectivity index (χ0v) is 15.4. The molecule has 1 aromatic heterocycles. The lowest BCUT2D eigenvalue weighted by atomic mass is 9.72. The van der Waals surface area contributed by atoms with E-state index in [9.17, 15) is 24.8 Å². The number of hydrogen-bond donors (Lipinski definition) is 6. The molecule has 0 radical (unpaired) electrons. The van der Waals surface area contributed by atoms with Crippen LogP contribution in [0.3, 0.4) is 0 Å². The Morgan fingerprint density at radius 2 is 2.21 bits per heavy atom. The fourth-order valence-electron chi connectivity index (χ4n) is 2.93. The van der Waals surface area contributed by atoms with Crippen LogP contribution in [0.5, 0.6) is 5.75 Å². The van der Waals surface area contributed by atoms with Crippen LogP contribution in [0.15, 0.2) is 24.4 Å². The van der Waals surface area contributed by atoms with Crippen molar-refractivity contribution in [3.8, 4) is 5.75 Å². The Labute approximate surface area is 165 Å². The van der Waals surface area contributed by atoms with Gasteiger partial charge in [0.05, 0.1) is 12.1 Å². The number of benzene rings is 1. The van der Waals surface area contributed by atoms with E-state index >= 15 is 0 Å². The number of aliphatic hydroxyl groups is 2. The van der Waals surface area contributed by atoms with E-state index < -0.39 is 31.2 Å². The number of aliphatic hydroxyl groups excluding tert-OH is 1. The van der Waals surface area contributed by atoms with Crippen molar-refractivity contribution in [2.24, 2.45) is 5.73 Å². The number of para-hydroxylation sites is 1. The fourth-order valence-corrected chi connectivity index (χ4v) is 2.93. The van der Waals surface area contributed by atoms with Crippen molar-refractivity contribution in [3.63, 3.8) is 0 Å². The first-order valence-electron chi connectivity index (χ1n) is 8.89.